The lowest BCUT2D eigenvalue weighted by atomic mass is 9.97. The summed E-state index contributed by atoms with van der Waals surface area (Å²) in [5, 5.41) is 14.7. The number of methoxy groups -OCH3 is 2. The van der Waals surface area contributed by atoms with Crippen molar-refractivity contribution in [3.63, 3.8) is 0 Å². The Hall–Kier alpha value is -4.76. The Morgan fingerprint density at radius 1 is 0.886 bits per heavy atom. The van der Waals surface area contributed by atoms with Crippen LogP contribution in [-0.2, 0) is 4.79 Å². The van der Waals surface area contributed by atoms with Gasteiger partial charge in [-0.1, -0.05) is 60.7 Å². The summed E-state index contributed by atoms with van der Waals surface area (Å²) in [5.74, 6) is 1.11. The molecule has 0 aliphatic carbocycles. The molecule has 1 amide bonds. The summed E-state index contributed by atoms with van der Waals surface area (Å²) in [4.78, 5) is 12.4. The summed E-state index contributed by atoms with van der Waals surface area (Å²) in [6.45, 7) is -0.205. The van der Waals surface area contributed by atoms with Gasteiger partial charge in [0.05, 0.1) is 31.5 Å². The number of nitrogens with one attached hydrogen (secondary N) is 1. The standard InChI is InChI=1S/C29H24N2O4/c1-33-26-13-6-5-12-25(26)31-29(32)19-35-27-15-14-20(17-28(27)34-2)16-22(18-30)24-11-7-9-21-8-3-4-10-23(21)24/h3-17H,19H2,1-2H3,(H,31,32)/b22-16+. The average Bonchev–Trinajstić information content (AvgIpc) is 2.90. The van der Waals surface area contributed by atoms with Gasteiger partial charge in [0.25, 0.3) is 5.91 Å². The monoisotopic (exact) mass is 464 g/mol. The summed E-state index contributed by atoms with van der Waals surface area (Å²) in [6, 6.07) is 28.6. The molecule has 6 heteroatoms. The number of carbonyl (C=O) groups is 1. The molecule has 0 saturated carbocycles. The molecule has 174 valence electrons. The van der Waals surface area contributed by atoms with Gasteiger partial charge in [-0.05, 0) is 46.7 Å². The lowest BCUT2D eigenvalue weighted by molar-refractivity contribution is -0.118. The van der Waals surface area contributed by atoms with Gasteiger partial charge in [0.1, 0.15) is 5.75 Å². The van der Waals surface area contributed by atoms with Gasteiger partial charge in [-0.15, -0.1) is 0 Å². The zero-order valence-corrected chi connectivity index (χ0v) is 19.4. The second kappa shape index (κ2) is 10.9. The van der Waals surface area contributed by atoms with Gasteiger partial charge in [-0.3, -0.25) is 4.79 Å². The maximum Gasteiger partial charge on any atom is 0.262 e. The maximum atomic E-state index is 12.4. The maximum absolute atomic E-state index is 12.4. The van der Waals surface area contributed by atoms with Crippen LogP contribution >= 0.6 is 0 Å². The van der Waals surface area contributed by atoms with Crippen molar-refractivity contribution in [3.05, 3.63) is 96.1 Å². The topological polar surface area (TPSA) is 80.6 Å². The molecular weight excluding hydrogens is 440 g/mol. The molecule has 0 unspecified atom stereocenters. The van der Waals surface area contributed by atoms with Crippen LogP contribution in [0.2, 0.25) is 0 Å². The quantitative estimate of drug-likeness (QED) is 0.258. The van der Waals surface area contributed by atoms with Crippen molar-refractivity contribution in [3.8, 4) is 23.3 Å². The van der Waals surface area contributed by atoms with Crippen LogP contribution in [0.15, 0.2) is 84.9 Å². The molecule has 0 radical (unpaired) electrons. The molecule has 0 fully saturated rings. The predicted octanol–water partition coefficient (Wildman–Crippen LogP) is 5.94. The molecule has 0 bridgehead atoms. The smallest absolute Gasteiger partial charge is 0.262 e. The third-order valence-corrected chi connectivity index (χ3v) is 5.44. The molecule has 0 aromatic heterocycles. The number of ether oxygens (including phenoxy) is 3. The van der Waals surface area contributed by atoms with Crippen LogP contribution in [0, 0.1) is 11.3 Å². The molecule has 6 nitrogen and oxygen atoms in total. The van der Waals surface area contributed by atoms with Crippen LogP contribution in [0.3, 0.4) is 0 Å². The number of benzene rings is 4. The van der Waals surface area contributed by atoms with E-state index in [4.69, 9.17) is 14.2 Å². The Kier molecular flexibility index (Phi) is 7.29. The molecule has 0 aliphatic heterocycles. The largest absolute Gasteiger partial charge is 0.495 e. The number of allylic oxidation sites excluding steroid dienone is 1. The predicted molar refractivity (Wildman–Crippen MR) is 138 cm³/mol. The Morgan fingerprint density at radius 2 is 1.63 bits per heavy atom. The first-order valence-electron chi connectivity index (χ1n) is 11.0. The molecule has 0 saturated heterocycles. The third kappa shape index (κ3) is 5.43. The Balaban J connectivity index is 1.52. The van der Waals surface area contributed by atoms with E-state index in [9.17, 15) is 10.1 Å². The molecule has 4 rings (SSSR count). The highest BCUT2D eigenvalue weighted by Gasteiger charge is 2.12. The van der Waals surface area contributed by atoms with E-state index >= 15 is 0 Å². The van der Waals surface area contributed by atoms with E-state index in [1.807, 2.05) is 66.7 Å². The minimum atomic E-state index is -0.330. The van der Waals surface area contributed by atoms with Crippen molar-refractivity contribution in [1.29, 1.82) is 5.26 Å². The number of carbonyl (C=O) groups excluding carboxylic acids is 1. The first kappa shape index (κ1) is 23.4. The molecule has 0 spiro atoms. The van der Waals surface area contributed by atoms with E-state index < -0.39 is 0 Å². The van der Waals surface area contributed by atoms with Crippen LogP contribution in [-0.4, -0.2) is 26.7 Å². The minimum absolute atomic E-state index is 0.205. The van der Waals surface area contributed by atoms with Crippen molar-refractivity contribution in [2.24, 2.45) is 0 Å². The van der Waals surface area contributed by atoms with E-state index in [-0.39, 0.29) is 12.5 Å². The first-order valence-corrected chi connectivity index (χ1v) is 11.0. The fourth-order valence-corrected chi connectivity index (χ4v) is 3.77. The Bertz CT molecular complexity index is 1430. The van der Waals surface area contributed by atoms with Crippen molar-refractivity contribution < 1.29 is 19.0 Å². The summed E-state index contributed by atoms with van der Waals surface area (Å²) < 4.78 is 16.4. The van der Waals surface area contributed by atoms with Gasteiger partial charge in [0.2, 0.25) is 0 Å². The van der Waals surface area contributed by atoms with Gasteiger partial charge in [0, 0.05) is 5.56 Å². The first-order chi connectivity index (χ1) is 17.1. The molecule has 35 heavy (non-hydrogen) atoms. The second-order valence-corrected chi connectivity index (χ2v) is 7.64. The van der Waals surface area contributed by atoms with Crippen molar-refractivity contribution in [2.75, 3.05) is 26.1 Å². The van der Waals surface area contributed by atoms with Gasteiger partial charge in [-0.2, -0.15) is 5.26 Å². The number of amides is 1. The number of para-hydroxylation sites is 2. The van der Waals surface area contributed by atoms with Gasteiger partial charge < -0.3 is 19.5 Å². The molecule has 4 aromatic rings. The highest BCUT2D eigenvalue weighted by atomic mass is 16.5. The number of nitrogens with zero attached hydrogens (tertiary/aromatic N) is 1. The third-order valence-electron chi connectivity index (χ3n) is 5.44. The fourth-order valence-electron chi connectivity index (χ4n) is 3.77. The van der Waals surface area contributed by atoms with Gasteiger partial charge >= 0.3 is 0 Å². The zero-order chi connectivity index (χ0) is 24.6. The summed E-state index contributed by atoms with van der Waals surface area (Å²) >= 11 is 0. The molecule has 0 atom stereocenters. The number of hydrogen-bond donors (Lipinski definition) is 1. The fraction of sp³-hybridized carbons (Fsp3) is 0.103. The molecule has 1 N–H and O–H groups in total. The Labute approximate surface area is 204 Å². The van der Waals surface area contributed by atoms with E-state index in [2.05, 4.69) is 11.4 Å². The van der Waals surface area contributed by atoms with Crippen LogP contribution in [0.4, 0.5) is 5.69 Å². The molecule has 0 heterocycles. The van der Waals surface area contributed by atoms with Crippen molar-refractivity contribution in [1.82, 2.24) is 0 Å². The summed E-state index contributed by atoms with van der Waals surface area (Å²) in [5.41, 5.74) is 2.73. The van der Waals surface area contributed by atoms with Crippen LogP contribution in [0.25, 0.3) is 22.4 Å². The average molecular weight is 465 g/mol. The normalized spacial score (nSPS) is 10.9. The van der Waals surface area contributed by atoms with Crippen molar-refractivity contribution >= 4 is 34.0 Å². The van der Waals surface area contributed by atoms with Crippen LogP contribution in [0.1, 0.15) is 11.1 Å². The minimum Gasteiger partial charge on any atom is -0.495 e. The highest BCUT2D eigenvalue weighted by Crippen LogP contribution is 2.31. The van der Waals surface area contributed by atoms with Crippen LogP contribution < -0.4 is 19.5 Å². The SMILES string of the molecule is COc1ccccc1NC(=O)COc1ccc(/C=C(\C#N)c2cccc3ccccc23)cc1OC. The molecular formula is C29H24N2O4. The lowest BCUT2D eigenvalue weighted by Gasteiger charge is -2.13. The molecule has 0 aliphatic rings. The van der Waals surface area contributed by atoms with Crippen LogP contribution in [0.5, 0.6) is 17.2 Å². The summed E-state index contributed by atoms with van der Waals surface area (Å²) in [7, 11) is 3.07. The van der Waals surface area contributed by atoms with E-state index in [0.29, 0.717) is 28.5 Å². The second-order valence-electron chi connectivity index (χ2n) is 7.64. The van der Waals surface area contributed by atoms with Crippen molar-refractivity contribution in [2.45, 2.75) is 0 Å². The molecule has 4 aromatic carbocycles. The Morgan fingerprint density at radius 3 is 2.43 bits per heavy atom. The van der Waals surface area contributed by atoms with E-state index in [1.165, 1.54) is 7.11 Å². The van der Waals surface area contributed by atoms with Gasteiger partial charge in [-0.25, -0.2) is 0 Å². The van der Waals surface area contributed by atoms with E-state index in [0.717, 1.165) is 21.9 Å². The number of nitriles is 1. The number of rotatable bonds is 8. The number of hydrogen-bond acceptors (Lipinski definition) is 5. The van der Waals surface area contributed by atoms with E-state index in [1.54, 1.807) is 31.4 Å². The lowest BCUT2D eigenvalue weighted by Crippen LogP contribution is -2.20. The zero-order valence-electron chi connectivity index (χ0n) is 19.4. The summed E-state index contributed by atoms with van der Waals surface area (Å²) in [6.07, 6.45) is 1.81. The number of anilines is 1. The highest BCUT2D eigenvalue weighted by molar-refractivity contribution is 6.01. The van der Waals surface area contributed by atoms with Gasteiger partial charge in [0.15, 0.2) is 18.1 Å². The number of fused-ring (bicyclic) bond motifs is 1.